The van der Waals surface area contributed by atoms with E-state index in [1.54, 1.807) is 6.07 Å². The van der Waals surface area contributed by atoms with Gasteiger partial charge in [-0.15, -0.1) is 0 Å². The molecule has 5 heteroatoms. The molecule has 1 aliphatic rings. The van der Waals surface area contributed by atoms with E-state index in [1.807, 2.05) is 11.8 Å². The van der Waals surface area contributed by atoms with Gasteiger partial charge in [0.05, 0.1) is 6.10 Å². The van der Waals surface area contributed by atoms with Gasteiger partial charge in [-0.25, -0.2) is 0 Å². The highest BCUT2D eigenvalue weighted by Gasteiger charge is 2.52. The van der Waals surface area contributed by atoms with Gasteiger partial charge in [0.2, 0.25) is 0 Å². The highest BCUT2D eigenvalue weighted by atomic mass is 16.5. The largest absolute Gasteiger partial charge is 0.378 e. The zero-order valence-corrected chi connectivity index (χ0v) is 12.8. The van der Waals surface area contributed by atoms with Gasteiger partial charge >= 0.3 is 0 Å². The van der Waals surface area contributed by atoms with E-state index in [0.717, 1.165) is 19.4 Å². The first-order valence-electron chi connectivity index (χ1n) is 7.35. The fourth-order valence-corrected chi connectivity index (χ4v) is 2.99. The maximum absolute atomic E-state index is 12.5. The van der Waals surface area contributed by atoms with Crippen molar-refractivity contribution >= 4 is 5.91 Å². The van der Waals surface area contributed by atoms with E-state index in [9.17, 15) is 4.79 Å². The summed E-state index contributed by atoms with van der Waals surface area (Å²) >= 11 is 0. The molecule has 0 unspecified atom stereocenters. The molecule has 1 fully saturated rings. The van der Waals surface area contributed by atoms with Crippen LogP contribution in [0.3, 0.4) is 0 Å². The summed E-state index contributed by atoms with van der Waals surface area (Å²) in [7, 11) is 0. The Labute approximate surface area is 120 Å². The first-order valence-corrected chi connectivity index (χ1v) is 7.35. The summed E-state index contributed by atoms with van der Waals surface area (Å²) in [6, 6.07) is 1.82. The topological polar surface area (TPSA) is 55.6 Å². The molecule has 2 rings (SSSR count). The van der Waals surface area contributed by atoms with E-state index < -0.39 is 0 Å². The molecule has 1 heterocycles. The molecule has 20 heavy (non-hydrogen) atoms. The quantitative estimate of drug-likeness (QED) is 0.804. The van der Waals surface area contributed by atoms with Gasteiger partial charge in [0.1, 0.15) is 6.26 Å². The van der Waals surface area contributed by atoms with Crippen molar-refractivity contribution in [2.24, 2.45) is 5.41 Å². The van der Waals surface area contributed by atoms with Crippen LogP contribution in [0.4, 0.5) is 0 Å². The normalized spacial score (nSPS) is 24.2. The van der Waals surface area contributed by atoms with Crippen LogP contribution >= 0.6 is 0 Å². The van der Waals surface area contributed by atoms with E-state index in [1.165, 1.54) is 6.26 Å². The van der Waals surface area contributed by atoms with Crippen molar-refractivity contribution in [2.45, 2.75) is 52.7 Å². The number of rotatable bonds is 6. The molecule has 112 valence electrons. The molecule has 0 saturated heterocycles. The lowest BCUT2D eigenvalue weighted by atomic mass is 9.63. The van der Waals surface area contributed by atoms with Crippen molar-refractivity contribution in [3.63, 3.8) is 0 Å². The molecule has 0 spiro atoms. The smallest absolute Gasteiger partial charge is 0.276 e. The number of carbonyl (C=O) groups excluding carboxylic acids is 1. The lowest BCUT2D eigenvalue weighted by Gasteiger charge is -2.55. The Kier molecular flexibility index (Phi) is 4.48. The molecule has 0 aliphatic heterocycles. The maximum Gasteiger partial charge on any atom is 0.276 e. The van der Waals surface area contributed by atoms with Gasteiger partial charge in [0.25, 0.3) is 5.91 Å². The number of ether oxygens (including phenoxy) is 1. The Morgan fingerprint density at radius 3 is 2.80 bits per heavy atom. The van der Waals surface area contributed by atoms with Crippen molar-refractivity contribution in [3.05, 3.63) is 18.0 Å². The lowest BCUT2D eigenvalue weighted by molar-refractivity contribution is -0.140. The molecule has 0 bridgehead atoms. The predicted molar refractivity (Wildman–Crippen MR) is 75.4 cm³/mol. The number of amides is 1. The van der Waals surface area contributed by atoms with Crippen molar-refractivity contribution in [2.75, 3.05) is 13.2 Å². The van der Waals surface area contributed by atoms with E-state index in [0.29, 0.717) is 12.3 Å². The Bertz CT molecular complexity index is 442. The van der Waals surface area contributed by atoms with Crippen molar-refractivity contribution < 1.29 is 14.1 Å². The summed E-state index contributed by atoms with van der Waals surface area (Å²) in [5.74, 6) is -0.0476. The fourth-order valence-electron chi connectivity index (χ4n) is 2.99. The van der Waals surface area contributed by atoms with Crippen LogP contribution in [-0.4, -0.2) is 41.3 Å². The van der Waals surface area contributed by atoms with Crippen LogP contribution in [0, 0.1) is 5.41 Å². The van der Waals surface area contributed by atoms with Crippen LogP contribution in [0.5, 0.6) is 0 Å². The number of hydrogen-bond donors (Lipinski definition) is 0. The Morgan fingerprint density at radius 1 is 1.55 bits per heavy atom. The first-order chi connectivity index (χ1) is 9.52. The number of hydrogen-bond acceptors (Lipinski definition) is 4. The van der Waals surface area contributed by atoms with Crippen molar-refractivity contribution in [1.82, 2.24) is 10.1 Å². The van der Waals surface area contributed by atoms with Gasteiger partial charge in [-0.05, 0) is 19.8 Å². The average molecular weight is 280 g/mol. The Morgan fingerprint density at radius 2 is 2.30 bits per heavy atom. The Hall–Kier alpha value is -1.36. The summed E-state index contributed by atoms with van der Waals surface area (Å²) < 4.78 is 10.5. The second-order valence-corrected chi connectivity index (χ2v) is 5.90. The minimum absolute atomic E-state index is 0.0232. The lowest BCUT2D eigenvalue weighted by Crippen LogP contribution is -2.63. The first kappa shape index (κ1) is 15.0. The summed E-state index contributed by atoms with van der Waals surface area (Å²) in [6.45, 7) is 9.87. The molecule has 1 saturated carbocycles. The third kappa shape index (κ3) is 2.59. The second kappa shape index (κ2) is 5.95. The summed E-state index contributed by atoms with van der Waals surface area (Å²) in [5.41, 5.74) is 0.360. The van der Waals surface area contributed by atoms with E-state index >= 15 is 0 Å². The standard InChI is InChI=1S/C15H24N2O3/c1-5-8-17(14(18)11-7-9-20-16-11)12-10-13(19-6-2)15(12,3)4/h7,9,12-13H,5-6,8,10H2,1-4H3/t12-,13+/m0/s1. The molecule has 0 aromatic carbocycles. The second-order valence-electron chi connectivity index (χ2n) is 5.90. The average Bonchev–Trinajstić information content (AvgIpc) is 2.94. The van der Waals surface area contributed by atoms with Gasteiger partial charge in [0.15, 0.2) is 5.69 Å². The van der Waals surface area contributed by atoms with Crippen LogP contribution in [0.1, 0.15) is 51.0 Å². The van der Waals surface area contributed by atoms with Crippen molar-refractivity contribution in [1.29, 1.82) is 0 Å². The van der Waals surface area contributed by atoms with E-state index in [-0.39, 0.29) is 23.5 Å². The molecule has 5 nitrogen and oxygen atoms in total. The summed E-state index contributed by atoms with van der Waals surface area (Å²) in [6.07, 6.45) is 3.48. The fraction of sp³-hybridized carbons (Fsp3) is 0.733. The van der Waals surface area contributed by atoms with Crippen LogP contribution < -0.4 is 0 Å². The SMILES string of the molecule is CCCN(C(=O)c1ccon1)[C@H]1C[C@@H](OCC)C1(C)C. The highest BCUT2D eigenvalue weighted by Crippen LogP contribution is 2.46. The molecule has 0 radical (unpaired) electrons. The Balaban J connectivity index is 2.12. The molecule has 1 amide bonds. The third-order valence-electron chi connectivity index (χ3n) is 4.25. The minimum atomic E-state index is -0.0476. The zero-order chi connectivity index (χ0) is 14.8. The van der Waals surface area contributed by atoms with Crippen LogP contribution in [-0.2, 0) is 4.74 Å². The molecular formula is C15H24N2O3. The van der Waals surface area contributed by atoms with Gasteiger partial charge < -0.3 is 14.2 Å². The van der Waals surface area contributed by atoms with E-state index in [4.69, 9.17) is 9.26 Å². The number of carbonyl (C=O) groups is 1. The van der Waals surface area contributed by atoms with E-state index in [2.05, 4.69) is 25.9 Å². The molecule has 1 aliphatic carbocycles. The molecule has 1 aromatic heterocycles. The minimum Gasteiger partial charge on any atom is -0.378 e. The molecule has 0 N–H and O–H groups in total. The van der Waals surface area contributed by atoms with Crippen LogP contribution in [0.25, 0.3) is 0 Å². The third-order valence-corrected chi connectivity index (χ3v) is 4.25. The summed E-state index contributed by atoms with van der Waals surface area (Å²) in [4.78, 5) is 14.5. The number of aromatic nitrogens is 1. The predicted octanol–water partition coefficient (Wildman–Crippen LogP) is 2.73. The van der Waals surface area contributed by atoms with Gasteiger partial charge in [-0.2, -0.15) is 0 Å². The molecule has 2 atom stereocenters. The van der Waals surface area contributed by atoms with Gasteiger partial charge in [-0.3, -0.25) is 4.79 Å². The van der Waals surface area contributed by atoms with Crippen LogP contribution in [0.15, 0.2) is 16.9 Å². The molecule has 1 aromatic rings. The monoisotopic (exact) mass is 280 g/mol. The molecular weight excluding hydrogens is 256 g/mol. The summed E-state index contributed by atoms with van der Waals surface area (Å²) in [5, 5.41) is 3.77. The number of nitrogens with zero attached hydrogens (tertiary/aromatic N) is 2. The van der Waals surface area contributed by atoms with Gasteiger partial charge in [0, 0.05) is 30.7 Å². The van der Waals surface area contributed by atoms with Crippen molar-refractivity contribution in [3.8, 4) is 0 Å². The maximum atomic E-state index is 12.5. The zero-order valence-electron chi connectivity index (χ0n) is 12.8. The van der Waals surface area contributed by atoms with Crippen LogP contribution in [0.2, 0.25) is 0 Å². The highest BCUT2D eigenvalue weighted by molar-refractivity contribution is 5.92. The van der Waals surface area contributed by atoms with Gasteiger partial charge in [-0.1, -0.05) is 25.9 Å².